The van der Waals surface area contributed by atoms with Crippen molar-refractivity contribution < 1.29 is 9.53 Å². The maximum absolute atomic E-state index is 12.1. The number of ether oxygens (including phenoxy) is 1. The van der Waals surface area contributed by atoms with Gasteiger partial charge in [0.05, 0.1) is 6.21 Å². The molecule has 130 valence electrons. The summed E-state index contributed by atoms with van der Waals surface area (Å²) in [5.74, 6) is 1.20. The van der Waals surface area contributed by atoms with Crippen molar-refractivity contribution in [3.63, 3.8) is 0 Å². The monoisotopic (exact) mass is 408 g/mol. The summed E-state index contributed by atoms with van der Waals surface area (Å²) in [5, 5.41) is 4.02. The summed E-state index contributed by atoms with van der Waals surface area (Å²) in [6, 6.07) is 22.4. The summed E-state index contributed by atoms with van der Waals surface area (Å²) in [4.78, 5) is 12.1. The van der Waals surface area contributed by atoms with Gasteiger partial charge in [0.15, 0.2) is 0 Å². The Balaban J connectivity index is 1.64. The highest BCUT2D eigenvalue weighted by Gasteiger charge is 2.05. The molecular weight excluding hydrogens is 392 g/mol. The van der Waals surface area contributed by atoms with Crippen molar-refractivity contribution in [1.29, 1.82) is 0 Å². The van der Waals surface area contributed by atoms with E-state index in [1.165, 1.54) is 0 Å². The molecule has 0 aliphatic heterocycles. The molecule has 26 heavy (non-hydrogen) atoms. The first kappa shape index (κ1) is 17.9. The third-order valence-electron chi connectivity index (χ3n) is 3.65. The number of halogens is 1. The Bertz CT molecular complexity index is 940. The molecule has 0 saturated heterocycles. The third-order valence-corrected chi connectivity index (χ3v) is 4.51. The van der Waals surface area contributed by atoms with E-state index in [-0.39, 0.29) is 5.91 Å². The Morgan fingerprint density at radius 3 is 2.54 bits per heavy atom. The van der Waals surface area contributed by atoms with Crippen LogP contribution in [-0.4, -0.2) is 12.1 Å². The lowest BCUT2D eigenvalue weighted by Crippen LogP contribution is -2.17. The molecule has 0 unspecified atom stereocenters. The van der Waals surface area contributed by atoms with Crippen molar-refractivity contribution in [2.75, 3.05) is 0 Å². The summed E-state index contributed by atoms with van der Waals surface area (Å²) in [5.41, 5.74) is 4.97. The first-order chi connectivity index (χ1) is 12.6. The van der Waals surface area contributed by atoms with Gasteiger partial charge in [-0.1, -0.05) is 52.3 Å². The minimum atomic E-state index is -0.265. The van der Waals surface area contributed by atoms with Crippen LogP contribution >= 0.6 is 15.9 Å². The molecular formula is C21H17BrN2O2. The second-order valence-electron chi connectivity index (χ2n) is 5.65. The van der Waals surface area contributed by atoms with Crippen molar-refractivity contribution in [2.45, 2.75) is 6.92 Å². The van der Waals surface area contributed by atoms with Gasteiger partial charge in [0, 0.05) is 10.0 Å². The minimum absolute atomic E-state index is 0.265. The summed E-state index contributed by atoms with van der Waals surface area (Å²) in [7, 11) is 0. The number of rotatable bonds is 5. The maximum Gasteiger partial charge on any atom is 0.271 e. The standard InChI is InChI=1S/C21H17BrN2O2/c1-15-10-11-17(13-20(15)22)21(25)24-23-14-16-6-5-9-19(12-16)26-18-7-3-2-4-8-18/h2-14H,1H3,(H,24,25)/b23-14+. The number of hydrogen-bond acceptors (Lipinski definition) is 3. The zero-order valence-corrected chi connectivity index (χ0v) is 15.7. The predicted octanol–water partition coefficient (Wildman–Crippen LogP) is 5.31. The molecule has 5 heteroatoms. The number of nitrogens with one attached hydrogen (secondary N) is 1. The highest BCUT2D eigenvalue weighted by Crippen LogP contribution is 2.21. The van der Waals surface area contributed by atoms with Gasteiger partial charge in [-0.25, -0.2) is 5.43 Å². The van der Waals surface area contributed by atoms with Gasteiger partial charge >= 0.3 is 0 Å². The Kier molecular flexibility index (Phi) is 5.81. The van der Waals surface area contributed by atoms with Gasteiger partial charge in [0.1, 0.15) is 11.5 Å². The summed E-state index contributed by atoms with van der Waals surface area (Å²) >= 11 is 3.42. The van der Waals surface area contributed by atoms with Gasteiger partial charge in [-0.3, -0.25) is 4.79 Å². The Hall–Kier alpha value is -2.92. The summed E-state index contributed by atoms with van der Waals surface area (Å²) in [6.07, 6.45) is 1.58. The van der Waals surface area contributed by atoms with Crippen molar-refractivity contribution in [2.24, 2.45) is 5.10 Å². The van der Waals surface area contributed by atoms with Gasteiger partial charge in [-0.05, 0) is 54.4 Å². The highest BCUT2D eigenvalue weighted by atomic mass is 79.9. The number of hydrogen-bond donors (Lipinski definition) is 1. The van der Waals surface area contributed by atoms with E-state index >= 15 is 0 Å². The molecule has 0 radical (unpaired) electrons. The van der Waals surface area contributed by atoms with Gasteiger partial charge < -0.3 is 4.74 Å². The lowest BCUT2D eigenvalue weighted by atomic mass is 10.1. The van der Waals surface area contributed by atoms with Crippen LogP contribution in [0.2, 0.25) is 0 Å². The van der Waals surface area contributed by atoms with E-state index in [2.05, 4.69) is 26.5 Å². The minimum Gasteiger partial charge on any atom is -0.457 e. The van der Waals surface area contributed by atoms with E-state index < -0.39 is 0 Å². The first-order valence-electron chi connectivity index (χ1n) is 8.04. The lowest BCUT2D eigenvalue weighted by molar-refractivity contribution is 0.0955. The van der Waals surface area contributed by atoms with Gasteiger partial charge in [-0.2, -0.15) is 5.10 Å². The Morgan fingerprint density at radius 1 is 1.00 bits per heavy atom. The van der Waals surface area contributed by atoms with Gasteiger partial charge in [-0.15, -0.1) is 0 Å². The molecule has 1 N–H and O–H groups in total. The molecule has 0 aliphatic rings. The fourth-order valence-electron chi connectivity index (χ4n) is 2.25. The molecule has 0 aliphatic carbocycles. The van der Waals surface area contributed by atoms with Gasteiger partial charge in [0.2, 0.25) is 0 Å². The summed E-state index contributed by atoms with van der Waals surface area (Å²) in [6.45, 7) is 1.97. The Labute approximate surface area is 160 Å². The molecule has 1 amide bonds. The molecule has 0 aromatic heterocycles. The molecule has 0 heterocycles. The second kappa shape index (κ2) is 8.45. The number of carbonyl (C=O) groups excluding carboxylic acids is 1. The quantitative estimate of drug-likeness (QED) is 0.459. The predicted molar refractivity (Wildman–Crippen MR) is 107 cm³/mol. The topological polar surface area (TPSA) is 50.7 Å². The van der Waals surface area contributed by atoms with Crippen molar-refractivity contribution in [3.8, 4) is 11.5 Å². The fourth-order valence-corrected chi connectivity index (χ4v) is 2.63. The Morgan fingerprint density at radius 2 is 1.77 bits per heavy atom. The molecule has 0 fully saturated rings. The SMILES string of the molecule is Cc1ccc(C(=O)N/N=C/c2cccc(Oc3ccccc3)c2)cc1Br. The summed E-state index contributed by atoms with van der Waals surface area (Å²) < 4.78 is 6.67. The number of nitrogens with zero attached hydrogens (tertiary/aromatic N) is 1. The van der Waals surface area contributed by atoms with E-state index in [9.17, 15) is 4.79 Å². The van der Waals surface area contributed by atoms with Crippen LogP contribution in [0.5, 0.6) is 11.5 Å². The number of aryl methyl sites for hydroxylation is 1. The normalized spacial score (nSPS) is 10.7. The number of hydrazone groups is 1. The largest absolute Gasteiger partial charge is 0.457 e. The van der Waals surface area contributed by atoms with E-state index in [1.807, 2.05) is 67.6 Å². The van der Waals surface area contributed by atoms with Crippen LogP contribution < -0.4 is 10.2 Å². The average molecular weight is 409 g/mol. The molecule has 0 saturated carbocycles. The molecule has 3 rings (SSSR count). The number of para-hydroxylation sites is 1. The molecule has 0 atom stereocenters. The van der Waals surface area contributed by atoms with Crippen LogP contribution in [-0.2, 0) is 0 Å². The average Bonchev–Trinajstić information content (AvgIpc) is 2.65. The zero-order chi connectivity index (χ0) is 18.4. The molecule has 3 aromatic rings. The molecule has 0 bridgehead atoms. The fraction of sp³-hybridized carbons (Fsp3) is 0.0476. The van der Waals surface area contributed by atoms with Gasteiger partial charge in [0.25, 0.3) is 5.91 Å². The van der Waals surface area contributed by atoms with Crippen LogP contribution in [0.4, 0.5) is 0 Å². The third kappa shape index (κ3) is 4.80. The van der Waals surface area contributed by atoms with Crippen molar-refractivity contribution >= 4 is 28.1 Å². The lowest BCUT2D eigenvalue weighted by Gasteiger charge is -2.06. The number of carbonyl (C=O) groups is 1. The molecule has 0 spiro atoms. The smallest absolute Gasteiger partial charge is 0.271 e. The van der Waals surface area contributed by atoms with Crippen LogP contribution in [0, 0.1) is 6.92 Å². The molecule has 4 nitrogen and oxygen atoms in total. The highest BCUT2D eigenvalue weighted by molar-refractivity contribution is 9.10. The number of amides is 1. The van der Waals surface area contributed by atoms with Crippen LogP contribution in [0.1, 0.15) is 21.5 Å². The van der Waals surface area contributed by atoms with Crippen LogP contribution in [0.15, 0.2) is 82.4 Å². The van der Waals surface area contributed by atoms with E-state index in [4.69, 9.17) is 4.74 Å². The van der Waals surface area contributed by atoms with Crippen molar-refractivity contribution in [1.82, 2.24) is 5.43 Å². The maximum atomic E-state index is 12.1. The van der Waals surface area contributed by atoms with E-state index in [0.717, 1.165) is 21.3 Å². The van der Waals surface area contributed by atoms with Crippen LogP contribution in [0.25, 0.3) is 0 Å². The van der Waals surface area contributed by atoms with Crippen molar-refractivity contribution in [3.05, 3.63) is 94.0 Å². The van der Waals surface area contributed by atoms with Crippen LogP contribution in [0.3, 0.4) is 0 Å². The zero-order valence-electron chi connectivity index (χ0n) is 14.1. The second-order valence-corrected chi connectivity index (χ2v) is 6.51. The van der Waals surface area contributed by atoms with E-state index in [0.29, 0.717) is 11.3 Å². The number of benzene rings is 3. The van der Waals surface area contributed by atoms with E-state index in [1.54, 1.807) is 18.3 Å². The first-order valence-corrected chi connectivity index (χ1v) is 8.83. The molecule has 3 aromatic carbocycles.